The van der Waals surface area contributed by atoms with Gasteiger partial charge in [0, 0.05) is 38.7 Å². The molecule has 43 heavy (non-hydrogen) atoms. The van der Waals surface area contributed by atoms with Gasteiger partial charge in [-0.3, -0.25) is 0 Å². The number of nitrogens with zero attached hydrogens (tertiary/aromatic N) is 4. The normalized spacial score (nSPS) is 12.7. The second-order valence-corrected chi connectivity index (χ2v) is 14.9. The molecule has 0 aliphatic carbocycles. The SMILES string of the molecule is [C-]#[N+]/C(C#N)=C\c1sc(-c2cc3sc(-c4cc(C(CC)CC)c(/C=C(\C#N)[N+]#[C-])s4)cc3s2)cc1CC(CC)CCCC. The number of thiophene rings is 4. The van der Waals surface area contributed by atoms with Gasteiger partial charge in [0.2, 0.25) is 0 Å². The van der Waals surface area contributed by atoms with E-state index in [0.717, 1.165) is 35.4 Å². The average molecular weight is 639 g/mol. The van der Waals surface area contributed by atoms with E-state index in [1.807, 2.05) is 12.1 Å². The molecule has 1 atom stereocenters. The summed E-state index contributed by atoms with van der Waals surface area (Å²) in [5.74, 6) is 0.987. The maximum absolute atomic E-state index is 9.43. The third-order valence-electron chi connectivity index (χ3n) is 7.81. The first kappa shape index (κ1) is 32.4. The van der Waals surface area contributed by atoms with Crippen LogP contribution in [0.15, 0.2) is 35.7 Å². The van der Waals surface area contributed by atoms with Gasteiger partial charge in [-0.15, -0.1) is 45.3 Å². The van der Waals surface area contributed by atoms with Gasteiger partial charge in [-0.25, -0.2) is 20.2 Å². The molecule has 4 heterocycles. The second-order valence-electron chi connectivity index (χ2n) is 10.5. The number of nitriles is 2. The van der Waals surface area contributed by atoms with Gasteiger partial charge in [0.25, 0.3) is 11.4 Å². The lowest BCUT2D eigenvalue weighted by atomic mass is 9.92. The molecule has 0 spiro atoms. The van der Waals surface area contributed by atoms with E-state index >= 15 is 0 Å². The van der Waals surface area contributed by atoms with E-state index in [9.17, 15) is 10.5 Å². The minimum atomic E-state index is 0.121. The molecule has 0 N–H and O–H groups in total. The summed E-state index contributed by atoms with van der Waals surface area (Å²) in [4.78, 5) is 13.6. The zero-order valence-corrected chi connectivity index (χ0v) is 28.3. The highest BCUT2D eigenvalue weighted by molar-refractivity contribution is 7.33. The van der Waals surface area contributed by atoms with E-state index in [1.165, 1.54) is 59.3 Å². The van der Waals surface area contributed by atoms with Crippen molar-refractivity contribution < 1.29 is 0 Å². The van der Waals surface area contributed by atoms with Gasteiger partial charge in [0.1, 0.15) is 0 Å². The van der Waals surface area contributed by atoms with Crippen LogP contribution in [0.2, 0.25) is 0 Å². The minimum Gasteiger partial charge on any atom is -0.227 e. The van der Waals surface area contributed by atoms with Crippen molar-refractivity contribution >= 4 is 66.9 Å². The monoisotopic (exact) mass is 638 g/mol. The molecule has 0 saturated heterocycles. The highest BCUT2D eigenvalue weighted by Gasteiger charge is 2.20. The largest absolute Gasteiger partial charge is 0.263 e. The zero-order chi connectivity index (χ0) is 30.9. The zero-order valence-electron chi connectivity index (χ0n) is 25.0. The van der Waals surface area contributed by atoms with Crippen LogP contribution in [0.5, 0.6) is 0 Å². The smallest absolute Gasteiger partial charge is 0.227 e. The van der Waals surface area contributed by atoms with E-state index in [1.54, 1.807) is 57.5 Å². The minimum absolute atomic E-state index is 0.121. The van der Waals surface area contributed by atoms with Gasteiger partial charge >= 0.3 is 0 Å². The fraction of sp³-hybridized carbons (Fsp3) is 0.371. The standard InChI is InChI=1S/C35H34N4S4/c1-7-11-12-22(8-2)13-24-14-30(40-28(24)15-25(20-36)38-5)32-18-34-35(42-32)19-33(43-34)31-17-27(23(9-3)10-4)29(41-31)16-26(21-37)39-6/h14-19,22-23H,7-13H2,1-4H3/b25-15-,26-16+. The number of unbranched alkanes of at least 4 members (excludes halogenated alkanes) is 1. The molecule has 4 nitrogen and oxygen atoms in total. The molecular formula is C35H34N4S4. The molecule has 8 heteroatoms. The Kier molecular flexibility index (Phi) is 11.5. The van der Waals surface area contributed by atoms with E-state index in [2.05, 4.69) is 61.7 Å². The third-order valence-corrected chi connectivity index (χ3v) is 12.7. The Balaban J connectivity index is 1.71. The van der Waals surface area contributed by atoms with Crippen LogP contribution in [0, 0.1) is 41.7 Å². The summed E-state index contributed by atoms with van der Waals surface area (Å²) >= 11 is 6.91. The highest BCUT2D eigenvalue weighted by atomic mass is 32.1. The van der Waals surface area contributed by atoms with Crippen molar-refractivity contribution in [1.82, 2.24) is 0 Å². The number of rotatable bonds is 13. The molecule has 0 amide bonds. The van der Waals surface area contributed by atoms with Gasteiger partial charge in [-0.1, -0.05) is 53.4 Å². The van der Waals surface area contributed by atoms with Crippen molar-refractivity contribution in [2.24, 2.45) is 5.92 Å². The molecule has 4 aromatic heterocycles. The summed E-state index contributed by atoms with van der Waals surface area (Å²) in [6.07, 6.45) is 11.2. The Morgan fingerprint density at radius 2 is 1.30 bits per heavy atom. The summed E-state index contributed by atoms with van der Waals surface area (Å²) in [5, 5.41) is 18.8. The highest BCUT2D eigenvalue weighted by Crippen LogP contribution is 2.47. The van der Waals surface area contributed by atoms with Gasteiger partial charge < -0.3 is 0 Å². The predicted octanol–water partition coefficient (Wildman–Crippen LogP) is 12.6. The Labute approximate surface area is 271 Å². The molecule has 218 valence electrons. The average Bonchev–Trinajstić information content (AvgIpc) is 3.80. The van der Waals surface area contributed by atoms with Crippen LogP contribution in [-0.4, -0.2) is 0 Å². The molecule has 0 aliphatic heterocycles. The molecule has 0 fully saturated rings. The van der Waals surface area contributed by atoms with Crippen LogP contribution in [0.3, 0.4) is 0 Å². The summed E-state index contributed by atoms with van der Waals surface area (Å²) in [6, 6.07) is 13.1. The van der Waals surface area contributed by atoms with Crippen molar-refractivity contribution in [3.8, 4) is 31.6 Å². The Morgan fingerprint density at radius 1 is 0.767 bits per heavy atom. The summed E-state index contributed by atoms with van der Waals surface area (Å²) in [5.41, 5.74) is 2.71. The molecule has 4 rings (SSSR count). The van der Waals surface area contributed by atoms with Crippen molar-refractivity contribution in [3.05, 3.63) is 79.4 Å². The lowest BCUT2D eigenvalue weighted by Gasteiger charge is -2.14. The van der Waals surface area contributed by atoms with Gasteiger partial charge in [-0.2, -0.15) is 0 Å². The molecular weight excluding hydrogens is 605 g/mol. The fourth-order valence-corrected chi connectivity index (χ4v) is 10.2. The van der Waals surface area contributed by atoms with Crippen molar-refractivity contribution in [1.29, 1.82) is 10.5 Å². The van der Waals surface area contributed by atoms with Crippen LogP contribution in [-0.2, 0) is 6.42 Å². The lowest BCUT2D eigenvalue weighted by Crippen LogP contribution is -2.03. The molecule has 0 radical (unpaired) electrons. The maximum atomic E-state index is 9.43. The van der Waals surface area contributed by atoms with Crippen LogP contribution < -0.4 is 0 Å². The van der Waals surface area contributed by atoms with E-state index in [-0.39, 0.29) is 11.4 Å². The summed E-state index contributed by atoms with van der Waals surface area (Å²) in [7, 11) is 0. The first-order valence-corrected chi connectivity index (χ1v) is 18.0. The van der Waals surface area contributed by atoms with Crippen molar-refractivity contribution in [3.63, 3.8) is 0 Å². The number of hydrogen-bond acceptors (Lipinski definition) is 6. The second kappa shape index (κ2) is 15.3. The maximum Gasteiger partial charge on any atom is 0.263 e. The van der Waals surface area contributed by atoms with Crippen molar-refractivity contribution in [2.45, 2.75) is 78.6 Å². The predicted molar refractivity (Wildman–Crippen MR) is 187 cm³/mol. The van der Waals surface area contributed by atoms with Crippen LogP contribution in [0.25, 0.3) is 50.8 Å². The van der Waals surface area contributed by atoms with E-state index in [4.69, 9.17) is 13.1 Å². The lowest BCUT2D eigenvalue weighted by molar-refractivity contribution is 0.449. The van der Waals surface area contributed by atoms with Gasteiger partial charge in [0.15, 0.2) is 0 Å². The molecule has 0 aromatic carbocycles. The number of hydrogen-bond donors (Lipinski definition) is 0. The Hall–Kier alpha value is -3.50. The first-order valence-electron chi connectivity index (χ1n) is 14.7. The quantitative estimate of drug-likeness (QED) is 0.108. The molecule has 0 saturated carbocycles. The van der Waals surface area contributed by atoms with Crippen LogP contribution >= 0.6 is 45.3 Å². The van der Waals surface area contributed by atoms with E-state index in [0.29, 0.717) is 11.8 Å². The first-order chi connectivity index (χ1) is 20.9. The topological polar surface area (TPSA) is 56.3 Å². The number of fused-ring (bicyclic) bond motifs is 1. The summed E-state index contributed by atoms with van der Waals surface area (Å²) < 4.78 is 2.48. The Morgan fingerprint density at radius 3 is 1.81 bits per heavy atom. The molecule has 1 unspecified atom stereocenters. The van der Waals surface area contributed by atoms with Crippen LogP contribution in [0.4, 0.5) is 0 Å². The van der Waals surface area contributed by atoms with E-state index < -0.39 is 0 Å². The Bertz CT molecular complexity index is 1750. The number of allylic oxidation sites excluding steroid dienone is 2. The summed E-state index contributed by atoms with van der Waals surface area (Å²) in [6.45, 7) is 23.6. The van der Waals surface area contributed by atoms with Gasteiger partial charge in [0.05, 0.1) is 25.3 Å². The molecule has 0 bridgehead atoms. The van der Waals surface area contributed by atoms with Gasteiger partial charge in [-0.05, 0) is 78.6 Å². The fourth-order valence-electron chi connectivity index (χ4n) is 5.31. The van der Waals surface area contributed by atoms with Crippen LogP contribution in [0.1, 0.15) is 93.0 Å². The molecule has 0 aliphatic rings. The van der Waals surface area contributed by atoms with Crippen molar-refractivity contribution in [2.75, 3.05) is 0 Å². The third kappa shape index (κ3) is 7.54. The molecule has 4 aromatic rings.